The van der Waals surface area contributed by atoms with E-state index in [2.05, 4.69) is 24.2 Å². The second-order valence-corrected chi connectivity index (χ2v) is 18.7. The Balaban J connectivity index is 0.000000237. The molecule has 6 rings (SSSR count). The highest BCUT2D eigenvalue weighted by Crippen LogP contribution is 2.32. The molecule has 12 nitrogen and oxygen atoms in total. The lowest BCUT2D eigenvalue weighted by Gasteiger charge is -2.34. The monoisotopic (exact) mass is 900 g/mol. The quantitative estimate of drug-likeness (QED) is 0.132. The minimum Gasteiger partial charge on any atom is -0.444 e. The number of carbonyl (C=O) groups is 1. The van der Waals surface area contributed by atoms with E-state index in [1.807, 2.05) is 12.1 Å². The Kier molecular flexibility index (Phi) is 14.8. The van der Waals surface area contributed by atoms with Crippen molar-refractivity contribution in [1.29, 1.82) is 0 Å². The van der Waals surface area contributed by atoms with E-state index < -0.39 is 49.9 Å². The zero-order valence-electron chi connectivity index (χ0n) is 33.3. The van der Waals surface area contributed by atoms with Gasteiger partial charge in [-0.2, -0.15) is 0 Å². The van der Waals surface area contributed by atoms with Crippen molar-refractivity contribution in [2.45, 2.75) is 86.4 Å². The number of carbonyl (C=O) groups excluding carboxylic acids is 1. The molecule has 332 valence electrons. The molecule has 2 aliphatic rings. The van der Waals surface area contributed by atoms with Crippen molar-refractivity contribution in [3.63, 3.8) is 0 Å². The first-order valence-electron chi connectivity index (χ1n) is 19.1. The van der Waals surface area contributed by atoms with E-state index in [9.17, 15) is 48.0 Å². The molecule has 0 bridgehead atoms. The third kappa shape index (κ3) is 14.7. The molecular weight excluding hydrogens is 855 g/mol. The summed E-state index contributed by atoms with van der Waals surface area (Å²) in [5, 5.41) is 3.32. The summed E-state index contributed by atoms with van der Waals surface area (Å²) in [6.07, 6.45) is -6.37. The van der Waals surface area contributed by atoms with E-state index in [1.165, 1.54) is 0 Å². The fourth-order valence-corrected chi connectivity index (χ4v) is 8.76. The third-order valence-corrected chi connectivity index (χ3v) is 12.1. The molecule has 2 saturated heterocycles. The SMILES string of the molecule is CC(C)(C)OC(=O)N1CCCC(c2cccc(NS(=O)(=O)c3ccc(OC(F)(F)F)cc3)c2)C1.O=S(=O)(Nc1cccc(C2CCCNC2)c1)c1ccc(OC(F)(F)F)cc1. The Morgan fingerprint density at radius 1 is 0.672 bits per heavy atom. The lowest BCUT2D eigenvalue weighted by Crippen LogP contribution is -2.42. The van der Waals surface area contributed by atoms with Crippen molar-refractivity contribution in [2.75, 3.05) is 35.6 Å². The molecule has 20 heteroatoms. The predicted molar refractivity (Wildman–Crippen MR) is 215 cm³/mol. The Bertz CT molecular complexity index is 2320. The maximum absolute atomic E-state index is 12.7. The fraction of sp³-hybridized carbons (Fsp3) is 0.390. The number of anilines is 2. The molecule has 1 amide bonds. The van der Waals surface area contributed by atoms with Gasteiger partial charge in [-0.15, -0.1) is 26.3 Å². The highest BCUT2D eigenvalue weighted by Gasteiger charge is 2.33. The van der Waals surface area contributed by atoms with Crippen molar-refractivity contribution in [1.82, 2.24) is 10.2 Å². The number of nitrogens with zero attached hydrogens (tertiary/aromatic N) is 1. The molecule has 4 aromatic carbocycles. The van der Waals surface area contributed by atoms with Gasteiger partial charge in [-0.1, -0.05) is 24.3 Å². The smallest absolute Gasteiger partial charge is 0.444 e. The Morgan fingerprint density at radius 2 is 1.13 bits per heavy atom. The van der Waals surface area contributed by atoms with E-state index in [1.54, 1.807) is 62.1 Å². The highest BCUT2D eigenvalue weighted by molar-refractivity contribution is 7.93. The Morgan fingerprint density at radius 3 is 1.56 bits per heavy atom. The highest BCUT2D eigenvalue weighted by atomic mass is 32.2. The van der Waals surface area contributed by atoms with Crippen LogP contribution in [0.25, 0.3) is 0 Å². The molecule has 2 fully saturated rings. The van der Waals surface area contributed by atoms with Crippen LogP contribution in [-0.4, -0.2) is 72.3 Å². The number of likely N-dealkylation sites (tertiary alicyclic amines) is 1. The average Bonchev–Trinajstić information content (AvgIpc) is 3.17. The Labute approximate surface area is 350 Å². The van der Waals surface area contributed by atoms with Gasteiger partial charge in [0.15, 0.2) is 0 Å². The van der Waals surface area contributed by atoms with Gasteiger partial charge in [-0.25, -0.2) is 21.6 Å². The minimum atomic E-state index is -4.86. The standard InChI is InChI=1S/C23H27F3N2O5S.C18H19F3N2O3S/c1-22(2,3)33-21(29)28-13-5-7-17(15-28)16-6-4-8-18(14-16)27-34(30,31)20-11-9-19(10-12-20)32-23(24,25)26;19-18(20,21)26-16-6-8-17(9-7-16)27(24,25)23-15-5-1-3-13(11-15)14-4-2-10-22-12-14/h4,6,8-12,14,17,27H,5,7,13,15H2,1-3H3;1,3,5-9,11,14,22-23H,2,4,10,12H2. The van der Waals surface area contributed by atoms with Crippen LogP contribution in [-0.2, 0) is 24.8 Å². The summed E-state index contributed by atoms with van der Waals surface area (Å²) in [5.74, 6) is -0.667. The third-order valence-electron chi connectivity index (χ3n) is 9.33. The van der Waals surface area contributed by atoms with Crippen LogP contribution >= 0.6 is 0 Å². The molecule has 2 heterocycles. The van der Waals surface area contributed by atoms with Gasteiger partial charge in [0, 0.05) is 36.9 Å². The molecule has 2 unspecified atom stereocenters. The Hall–Kier alpha value is -5.21. The van der Waals surface area contributed by atoms with Gasteiger partial charge >= 0.3 is 18.8 Å². The molecule has 2 atom stereocenters. The van der Waals surface area contributed by atoms with Gasteiger partial charge in [0.2, 0.25) is 0 Å². The van der Waals surface area contributed by atoms with Crippen molar-refractivity contribution < 1.29 is 62.2 Å². The number of piperidine rings is 2. The molecular formula is C41H46F6N4O8S2. The topological polar surface area (TPSA) is 152 Å². The summed E-state index contributed by atoms with van der Waals surface area (Å²) in [6, 6.07) is 22.0. The number of hydrogen-bond donors (Lipinski definition) is 3. The van der Waals surface area contributed by atoms with Crippen LogP contribution < -0.4 is 24.2 Å². The largest absolute Gasteiger partial charge is 0.573 e. The number of amides is 1. The van der Waals surface area contributed by atoms with Crippen LogP contribution in [0.5, 0.6) is 11.5 Å². The van der Waals surface area contributed by atoms with Crippen LogP contribution in [0.4, 0.5) is 42.5 Å². The van der Waals surface area contributed by atoms with Crippen LogP contribution in [0.15, 0.2) is 107 Å². The molecule has 0 aromatic heterocycles. The molecule has 61 heavy (non-hydrogen) atoms. The minimum absolute atomic E-state index is 0.00419. The molecule has 2 aliphatic heterocycles. The van der Waals surface area contributed by atoms with Crippen LogP contribution in [0.2, 0.25) is 0 Å². The van der Waals surface area contributed by atoms with Crippen LogP contribution in [0, 0.1) is 0 Å². The first-order valence-corrected chi connectivity index (χ1v) is 22.1. The maximum Gasteiger partial charge on any atom is 0.573 e. The number of ether oxygens (including phenoxy) is 3. The lowest BCUT2D eigenvalue weighted by molar-refractivity contribution is -0.275. The van der Waals surface area contributed by atoms with Gasteiger partial charge in [-0.05, 0) is 143 Å². The number of rotatable bonds is 10. The number of sulfonamides is 2. The van der Waals surface area contributed by atoms with Crippen LogP contribution in [0.3, 0.4) is 0 Å². The van der Waals surface area contributed by atoms with Gasteiger partial charge in [0.1, 0.15) is 17.1 Å². The van der Waals surface area contributed by atoms with Crippen molar-refractivity contribution in [3.05, 3.63) is 108 Å². The summed E-state index contributed by atoms with van der Waals surface area (Å²) >= 11 is 0. The van der Waals surface area contributed by atoms with E-state index >= 15 is 0 Å². The van der Waals surface area contributed by atoms with Gasteiger partial charge in [0.25, 0.3) is 20.0 Å². The second-order valence-electron chi connectivity index (χ2n) is 15.3. The van der Waals surface area contributed by atoms with E-state index in [0.29, 0.717) is 30.4 Å². The average molecular weight is 901 g/mol. The van der Waals surface area contributed by atoms with Gasteiger partial charge < -0.3 is 24.4 Å². The second kappa shape index (κ2) is 19.2. The van der Waals surface area contributed by atoms with E-state index in [-0.39, 0.29) is 21.8 Å². The van der Waals surface area contributed by atoms with Crippen molar-refractivity contribution >= 4 is 37.5 Å². The molecule has 4 aromatic rings. The number of hydrogen-bond acceptors (Lipinski definition) is 9. The first kappa shape index (κ1) is 46.8. The number of nitrogens with one attached hydrogen (secondary N) is 3. The van der Waals surface area contributed by atoms with E-state index in [4.69, 9.17) is 4.74 Å². The molecule has 0 radical (unpaired) electrons. The number of halogens is 6. The van der Waals surface area contributed by atoms with Crippen molar-refractivity contribution in [2.24, 2.45) is 0 Å². The van der Waals surface area contributed by atoms with Gasteiger partial charge in [0.05, 0.1) is 9.79 Å². The summed E-state index contributed by atoms with van der Waals surface area (Å²) in [6.45, 7) is 8.28. The number of benzene rings is 4. The van der Waals surface area contributed by atoms with E-state index in [0.717, 1.165) is 98.4 Å². The molecule has 3 N–H and O–H groups in total. The fourth-order valence-electron chi connectivity index (χ4n) is 6.66. The number of alkyl halides is 6. The molecule has 0 saturated carbocycles. The summed E-state index contributed by atoms with van der Waals surface area (Å²) < 4.78 is 142. The lowest BCUT2D eigenvalue weighted by atomic mass is 9.90. The maximum atomic E-state index is 12.7. The summed E-state index contributed by atoms with van der Waals surface area (Å²) in [7, 11) is -7.96. The first-order chi connectivity index (χ1) is 28.4. The summed E-state index contributed by atoms with van der Waals surface area (Å²) in [4.78, 5) is 13.7. The zero-order valence-corrected chi connectivity index (χ0v) is 35.0. The summed E-state index contributed by atoms with van der Waals surface area (Å²) in [5.41, 5.74) is 2.02. The van der Waals surface area contributed by atoms with Crippen molar-refractivity contribution in [3.8, 4) is 11.5 Å². The zero-order chi connectivity index (χ0) is 44.6. The molecule has 0 spiro atoms. The normalized spacial score (nSPS) is 17.6. The predicted octanol–water partition coefficient (Wildman–Crippen LogP) is 9.35. The van der Waals surface area contributed by atoms with Crippen LogP contribution in [0.1, 0.15) is 69.4 Å². The van der Waals surface area contributed by atoms with Gasteiger partial charge in [-0.3, -0.25) is 9.44 Å². The molecule has 0 aliphatic carbocycles.